The normalized spacial score (nSPS) is 23.0. The Bertz CT molecular complexity index is 1630. The van der Waals surface area contributed by atoms with E-state index in [1.54, 1.807) is 6.20 Å². The Morgan fingerprint density at radius 3 is 2.38 bits per heavy atom. The summed E-state index contributed by atoms with van der Waals surface area (Å²) in [6.07, 6.45) is 9.49. The van der Waals surface area contributed by atoms with Crippen LogP contribution in [0.2, 0.25) is 0 Å². The summed E-state index contributed by atoms with van der Waals surface area (Å²) in [5.41, 5.74) is 3.30. The largest absolute Gasteiger partial charge is 0.489 e. The van der Waals surface area contributed by atoms with Crippen LogP contribution in [-0.2, 0) is 9.47 Å². The van der Waals surface area contributed by atoms with Crippen LogP contribution in [0.4, 0.5) is 20.2 Å². The van der Waals surface area contributed by atoms with Crippen molar-refractivity contribution in [1.82, 2.24) is 10.2 Å². The van der Waals surface area contributed by atoms with E-state index in [4.69, 9.17) is 29.1 Å². The van der Waals surface area contributed by atoms with E-state index in [1.807, 2.05) is 47.4 Å². The Kier molecular flexibility index (Phi) is 10.8. The highest BCUT2D eigenvalue weighted by Crippen LogP contribution is 2.46. The monoisotopic (exact) mass is 688 g/mol. The van der Waals surface area contributed by atoms with Crippen molar-refractivity contribution in [2.24, 2.45) is 0 Å². The number of hydrogen-bond acceptors (Lipinski definition) is 9. The van der Waals surface area contributed by atoms with Gasteiger partial charge in [0.05, 0.1) is 18.3 Å². The minimum atomic E-state index is -0.751. The fraction of sp³-hybridized carbons (Fsp3) is 0.462. The molecule has 11 heteroatoms. The van der Waals surface area contributed by atoms with Gasteiger partial charge in [-0.15, -0.1) is 0 Å². The van der Waals surface area contributed by atoms with E-state index in [0.29, 0.717) is 54.8 Å². The van der Waals surface area contributed by atoms with Crippen LogP contribution >= 0.6 is 0 Å². The average molecular weight is 689 g/mol. The summed E-state index contributed by atoms with van der Waals surface area (Å²) < 4.78 is 61.3. The summed E-state index contributed by atoms with van der Waals surface area (Å²) in [6.45, 7) is 5.97. The van der Waals surface area contributed by atoms with Crippen LogP contribution in [0.3, 0.4) is 0 Å². The first kappa shape index (κ1) is 34.3. The molecule has 0 aromatic heterocycles. The Labute approximate surface area is 292 Å². The molecule has 0 radical (unpaired) electrons. The molecule has 3 atom stereocenters. The van der Waals surface area contributed by atoms with Gasteiger partial charge in [-0.1, -0.05) is 25.1 Å². The van der Waals surface area contributed by atoms with Crippen LogP contribution < -0.4 is 24.4 Å². The molecule has 0 bridgehead atoms. The van der Waals surface area contributed by atoms with Gasteiger partial charge < -0.3 is 39.3 Å². The van der Waals surface area contributed by atoms with E-state index in [9.17, 15) is 0 Å². The van der Waals surface area contributed by atoms with Crippen LogP contribution in [0.25, 0.3) is 5.57 Å². The van der Waals surface area contributed by atoms with E-state index in [1.165, 1.54) is 18.3 Å². The number of likely N-dealkylation sites (tertiary alicyclic amines) is 1. The van der Waals surface area contributed by atoms with Crippen molar-refractivity contribution in [3.63, 3.8) is 0 Å². The minimum absolute atomic E-state index is 0.0906. The molecule has 0 aliphatic carbocycles. The first-order valence-corrected chi connectivity index (χ1v) is 17.9. The van der Waals surface area contributed by atoms with E-state index >= 15 is 8.78 Å². The molecule has 266 valence electrons. The fourth-order valence-electron chi connectivity index (χ4n) is 7.03. The number of hydrogen-bond donors (Lipinski definition) is 2. The number of allylic oxidation sites excluding steroid dienone is 1. The first-order valence-electron chi connectivity index (χ1n) is 17.9. The lowest BCUT2D eigenvalue weighted by atomic mass is 9.99. The van der Waals surface area contributed by atoms with Gasteiger partial charge in [-0.05, 0) is 80.5 Å². The van der Waals surface area contributed by atoms with E-state index in [2.05, 4.69) is 17.1 Å². The fourth-order valence-corrected chi connectivity index (χ4v) is 7.03. The molecule has 3 saturated heterocycles. The van der Waals surface area contributed by atoms with Gasteiger partial charge in [0, 0.05) is 61.9 Å². The molecule has 3 aromatic rings. The van der Waals surface area contributed by atoms with Gasteiger partial charge in [-0.2, -0.15) is 0 Å². The van der Waals surface area contributed by atoms with Gasteiger partial charge in [0.2, 0.25) is 0 Å². The second-order valence-electron chi connectivity index (χ2n) is 13.4. The SMILES string of the molecule is CCCN1CC(Oc2c(F)cc(N3c4ccc(/C(C=N)=C/NC5CCCCO5)cc4OC[C@H]3c3ccc(OC4CCCCO4)cc3)cc2F)C1. The highest BCUT2D eigenvalue weighted by Gasteiger charge is 2.34. The van der Waals surface area contributed by atoms with Crippen LogP contribution in [0.1, 0.15) is 69.0 Å². The summed E-state index contributed by atoms with van der Waals surface area (Å²) in [5.74, 6) is -0.616. The number of ether oxygens (including phenoxy) is 5. The molecule has 4 heterocycles. The van der Waals surface area contributed by atoms with Crippen molar-refractivity contribution in [3.8, 4) is 17.2 Å². The third kappa shape index (κ3) is 7.75. The highest BCUT2D eigenvalue weighted by atomic mass is 19.1. The van der Waals surface area contributed by atoms with Gasteiger partial charge in [-0.3, -0.25) is 4.90 Å². The number of fused-ring (bicyclic) bond motifs is 1. The van der Waals surface area contributed by atoms with Crippen LogP contribution in [-0.4, -0.2) is 69.2 Å². The molecule has 2 unspecified atom stereocenters. The Hall–Kier alpha value is -4.19. The van der Waals surface area contributed by atoms with E-state index in [0.717, 1.165) is 62.6 Å². The molecular formula is C39H46F2N4O5. The molecule has 7 rings (SSSR count). The van der Waals surface area contributed by atoms with Crippen LogP contribution in [0.15, 0.2) is 60.8 Å². The zero-order valence-electron chi connectivity index (χ0n) is 28.5. The van der Waals surface area contributed by atoms with Gasteiger partial charge >= 0.3 is 0 Å². The topological polar surface area (TPSA) is 88.5 Å². The van der Waals surface area contributed by atoms with Gasteiger partial charge in [0.15, 0.2) is 23.7 Å². The lowest BCUT2D eigenvalue weighted by Crippen LogP contribution is -2.53. The number of anilines is 2. The molecule has 9 nitrogen and oxygen atoms in total. The van der Waals surface area contributed by atoms with Crippen molar-refractivity contribution in [3.05, 3.63) is 83.6 Å². The molecule has 3 fully saturated rings. The molecule has 2 N–H and O–H groups in total. The van der Waals surface area contributed by atoms with Crippen LogP contribution in [0.5, 0.6) is 17.2 Å². The third-order valence-corrected chi connectivity index (χ3v) is 9.70. The zero-order chi connectivity index (χ0) is 34.5. The summed E-state index contributed by atoms with van der Waals surface area (Å²) in [4.78, 5) is 4.11. The maximum Gasteiger partial charge on any atom is 0.199 e. The predicted octanol–water partition coefficient (Wildman–Crippen LogP) is 7.72. The second kappa shape index (κ2) is 15.8. The van der Waals surface area contributed by atoms with E-state index < -0.39 is 17.7 Å². The van der Waals surface area contributed by atoms with Crippen molar-refractivity contribution in [2.75, 3.05) is 44.4 Å². The molecule has 50 heavy (non-hydrogen) atoms. The molecule has 0 spiro atoms. The summed E-state index contributed by atoms with van der Waals surface area (Å²) in [6, 6.07) is 15.6. The first-order chi connectivity index (χ1) is 24.5. The van der Waals surface area contributed by atoms with Crippen molar-refractivity contribution in [2.45, 2.75) is 76.5 Å². The molecule has 0 saturated carbocycles. The summed E-state index contributed by atoms with van der Waals surface area (Å²) in [7, 11) is 0. The van der Waals surface area contributed by atoms with Gasteiger partial charge in [0.1, 0.15) is 30.4 Å². The molecule has 0 amide bonds. The second-order valence-corrected chi connectivity index (χ2v) is 13.4. The summed E-state index contributed by atoms with van der Waals surface area (Å²) in [5, 5.41) is 11.4. The maximum atomic E-state index is 15.8. The smallest absolute Gasteiger partial charge is 0.199 e. The Morgan fingerprint density at radius 2 is 1.70 bits per heavy atom. The number of rotatable bonds is 12. The lowest BCUT2D eigenvalue weighted by molar-refractivity contribution is -0.105. The van der Waals surface area contributed by atoms with Gasteiger partial charge in [0.25, 0.3) is 0 Å². The highest BCUT2D eigenvalue weighted by molar-refractivity contribution is 6.08. The maximum absolute atomic E-state index is 15.8. The number of nitrogens with zero attached hydrogens (tertiary/aromatic N) is 2. The molecule has 4 aliphatic heterocycles. The predicted molar refractivity (Wildman–Crippen MR) is 188 cm³/mol. The number of halogens is 2. The molecule has 4 aliphatic rings. The zero-order valence-corrected chi connectivity index (χ0v) is 28.5. The Balaban J connectivity index is 1.18. The van der Waals surface area contributed by atoms with Crippen molar-refractivity contribution < 1.29 is 32.5 Å². The number of benzene rings is 3. The number of nitrogens with one attached hydrogen (secondary N) is 2. The molecule has 3 aromatic carbocycles. The Morgan fingerprint density at radius 1 is 0.940 bits per heavy atom. The van der Waals surface area contributed by atoms with E-state index in [-0.39, 0.29) is 31.0 Å². The summed E-state index contributed by atoms with van der Waals surface area (Å²) >= 11 is 0. The van der Waals surface area contributed by atoms with Crippen molar-refractivity contribution in [1.29, 1.82) is 5.41 Å². The quantitative estimate of drug-likeness (QED) is 0.187. The minimum Gasteiger partial charge on any atom is -0.489 e. The van der Waals surface area contributed by atoms with Gasteiger partial charge in [-0.25, -0.2) is 8.78 Å². The average Bonchev–Trinajstić information content (AvgIpc) is 3.12. The van der Waals surface area contributed by atoms with Crippen molar-refractivity contribution >= 4 is 23.2 Å². The standard InChI is InChI=1S/C39H46F2N4O5/c1-2-15-44-23-31(24-44)50-39-32(40)19-29(20-33(39)41)45-34-14-11-27(28(21-42)22-43-37-7-3-5-16-46-37)18-36(34)48-25-35(45)26-9-12-30(13-10-26)49-38-8-4-6-17-47-38/h9-14,18-22,31,35,37-38,42-43H,2-8,15-17,23-25H2,1H3/b28-22+,42-21?/t35-,37?,38?/m0/s1. The lowest BCUT2D eigenvalue weighted by Gasteiger charge is -2.40. The molecular weight excluding hydrogens is 642 g/mol. The third-order valence-electron chi connectivity index (χ3n) is 9.70. The van der Waals surface area contributed by atoms with Crippen LogP contribution in [0, 0.1) is 17.0 Å².